The molecule has 1 atom stereocenters. The highest BCUT2D eigenvalue weighted by molar-refractivity contribution is 5.79. The molecule has 0 aliphatic heterocycles. The molecule has 0 radical (unpaired) electrons. The number of hydrogen-bond donors (Lipinski definition) is 1. The van der Waals surface area contributed by atoms with Crippen LogP contribution in [0.2, 0.25) is 0 Å². The van der Waals surface area contributed by atoms with Crippen molar-refractivity contribution >= 4 is 5.91 Å². The summed E-state index contributed by atoms with van der Waals surface area (Å²) < 4.78 is 1.84. The number of amides is 1. The summed E-state index contributed by atoms with van der Waals surface area (Å²) in [6.45, 7) is 4.68. The second kappa shape index (κ2) is 8.43. The zero-order valence-corrected chi connectivity index (χ0v) is 15.2. The molecule has 1 amide bonds. The van der Waals surface area contributed by atoms with Gasteiger partial charge in [-0.05, 0) is 35.6 Å². The van der Waals surface area contributed by atoms with Crippen molar-refractivity contribution in [2.45, 2.75) is 26.8 Å². The predicted octanol–water partition coefficient (Wildman–Crippen LogP) is 3.40. The summed E-state index contributed by atoms with van der Waals surface area (Å²) >= 11 is 0. The molecule has 26 heavy (non-hydrogen) atoms. The van der Waals surface area contributed by atoms with Gasteiger partial charge in [-0.3, -0.25) is 9.36 Å². The monoisotopic (exact) mass is 348 g/mol. The Bertz CT molecular complexity index is 828. The van der Waals surface area contributed by atoms with E-state index in [-0.39, 0.29) is 17.7 Å². The third kappa shape index (κ3) is 4.57. The molecule has 1 aromatic carbocycles. The first-order valence-corrected chi connectivity index (χ1v) is 8.88. The zero-order chi connectivity index (χ0) is 18.4. The highest BCUT2D eigenvalue weighted by atomic mass is 16.1. The molecule has 134 valence electrons. The van der Waals surface area contributed by atoms with Crippen LogP contribution < -0.4 is 5.32 Å². The summed E-state index contributed by atoms with van der Waals surface area (Å²) in [4.78, 5) is 21.1. The van der Waals surface area contributed by atoms with Crippen molar-refractivity contribution in [3.63, 3.8) is 0 Å². The summed E-state index contributed by atoms with van der Waals surface area (Å²) in [5, 5.41) is 3.08. The van der Waals surface area contributed by atoms with Crippen LogP contribution in [0.15, 0.2) is 67.4 Å². The predicted molar refractivity (Wildman–Crippen MR) is 102 cm³/mol. The number of nitrogens with zero attached hydrogens (tertiary/aromatic N) is 3. The second-order valence-electron chi connectivity index (χ2n) is 6.75. The molecule has 1 unspecified atom stereocenters. The highest BCUT2D eigenvalue weighted by Gasteiger charge is 2.22. The van der Waals surface area contributed by atoms with Crippen LogP contribution >= 0.6 is 0 Å². The number of hydrogen-bond acceptors (Lipinski definition) is 3. The Balaban J connectivity index is 1.64. The third-order valence-corrected chi connectivity index (χ3v) is 4.49. The van der Waals surface area contributed by atoms with Crippen LogP contribution in [-0.4, -0.2) is 20.4 Å². The second-order valence-corrected chi connectivity index (χ2v) is 6.75. The molecular formula is C21H24N4O. The molecule has 0 saturated heterocycles. The maximum Gasteiger partial charge on any atom is 0.223 e. The fourth-order valence-electron chi connectivity index (χ4n) is 2.93. The molecule has 5 nitrogen and oxygen atoms in total. The highest BCUT2D eigenvalue weighted by Crippen LogP contribution is 2.18. The minimum atomic E-state index is -0.0487. The van der Waals surface area contributed by atoms with E-state index in [9.17, 15) is 4.79 Å². The Kier molecular flexibility index (Phi) is 5.79. The zero-order valence-electron chi connectivity index (χ0n) is 15.2. The molecule has 5 heteroatoms. The molecule has 3 rings (SSSR count). The van der Waals surface area contributed by atoms with E-state index in [1.54, 1.807) is 18.7 Å². The number of aromatic nitrogens is 3. The van der Waals surface area contributed by atoms with Gasteiger partial charge in [0.25, 0.3) is 0 Å². The fraction of sp³-hybridized carbons (Fsp3) is 0.286. The maximum atomic E-state index is 12.7. The quantitative estimate of drug-likeness (QED) is 0.712. The largest absolute Gasteiger partial charge is 0.352 e. The number of pyridine rings is 1. The smallest absolute Gasteiger partial charge is 0.223 e. The average Bonchev–Trinajstić information content (AvgIpc) is 3.20. The maximum absolute atomic E-state index is 12.7. The van der Waals surface area contributed by atoms with Crippen molar-refractivity contribution in [2.24, 2.45) is 11.8 Å². The first-order chi connectivity index (χ1) is 12.6. The number of nitrogens with one attached hydrogen (secondary N) is 1. The first-order valence-electron chi connectivity index (χ1n) is 8.88. The summed E-state index contributed by atoms with van der Waals surface area (Å²) in [6, 6.07) is 14.0. The minimum Gasteiger partial charge on any atom is -0.352 e. The van der Waals surface area contributed by atoms with Gasteiger partial charge in [-0.15, -0.1) is 0 Å². The van der Waals surface area contributed by atoms with Gasteiger partial charge < -0.3 is 5.32 Å². The lowest BCUT2D eigenvalue weighted by Crippen LogP contribution is -2.34. The lowest BCUT2D eigenvalue weighted by Gasteiger charge is -2.20. The average molecular weight is 348 g/mol. The van der Waals surface area contributed by atoms with E-state index >= 15 is 0 Å². The Morgan fingerprint density at radius 2 is 1.92 bits per heavy atom. The van der Waals surface area contributed by atoms with Crippen molar-refractivity contribution < 1.29 is 4.79 Å². The third-order valence-electron chi connectivity index (χ3n) is 4.49. The SMILES string of the molecule is CC(C)C(Cc1ccccc1)C(=O)NCc1ccnc(-n2ccnc2)c1. The van der Waals surface area contributed by atoms with E-state index < -0.39 is 0 Å². The number of benzene rings is 1. The molecule has 2 heterocycles. The van der Waals surface area contributed by atoms with E-state index in [4.69, 9.17) is 0 Å². The van der Waals surface area contributed by atoms with Gasteiger partial charge in [0.1, 0.15) is 12.1 Å². The lowest BCUT2D eigenvalue weighted by molar-refractivity contribution is -0.126. The normalized spacial score (nSPS) is 12.1. The van der Waals surface area contributed by atoms with Crippen molar-refractivity contribution in [1.82, 2.24) is 19.9 Å². The van der Waals surface area contributed by atoms with Crippen LogP contribution in [0.25, 0.3) is 5.82 Å². The Labute approximate surface area is 154 Å². The summed E-state index contributed by atoms with van der Waals surface area (Å²) in [5.41, 5.74) is 2.20. The van der Waals surface area contributed by atoms with Crippen molar-refractivity contribution in [2.75, 3.05) is 0 Å². The van der Waals surface area contributed by atoms with Gasteiger partial charge in [-0.1, -0.05) is 44.2 Å². The fourth-order valence-corrected chi connectivity index (χ4v) is 2.93. The van der Waals surface area contributed by atoms with Gasteiger partial charge in [-0.25, -0.2) is 9.97 Å². The van der Waals surface area contributed by atoms with Crippen LogP contribution in [0.4, 0.5) is 0 Å². The molecule has 1 N–H and O–H groups in total. The number of carbonyl (C=O) groups excluding carboxylic acids is 1. The number of imidazole rings is 1. The molecule has 0 aliphatic carbocycles. The summed E-state index contributed by atoms with van der Waals surface area (Å²) in [6.07, 6.45) is 7.77. The molecule has 0 fully saturated rings. The topological polar surface area (TPSA) is 59.8 Å². The Morgan fingerprint density at radius 1 is 1.12 bits per heavy atom. The van der Waals surface area contributed by atoms with Crippen molar-refractivity contribution in [3.8, 4) is 5.82 Å². The summed E-state index contributed by atoms with van der Waals surface area (Å²) in [7, 11) is 0. The van der Waals surface area contributed by atoms with E-state index in [2.05, 4.69) is 41.3 Å². The van der Waals surface area contributed by atoms with Crippen LogP contribution in [0, 0.1) is 11.8 Å². The van der Waals surface area contributed by atoms with Crippen LogP contribution in [0.3, 0.4) is 0 Å². The van der Waals surface area contributed by atoms with E-state index in [0.717, 1.165) is 17.8 Å². The molecule has 0 aliphatic rings. The minimum absolute atomic E-state index is 0.0487. The van der Waals surface area contributed by atoms with Gasteiger partial charge in [0.2, 0.25) is 5.91 Å². The molecule has 0 saturated carbocycles. The molecule has 0 spiro atoms. The molecule has 2 aromatic heterocycles. The number of carbonyl (C=O) groups is 1. The van der Waals surface area contributed by atoms with Gasteiger partial charge in [0.15, 0.2) is 0 Å². The van der Waals surface area contributed by atoms with Gasteiger partial charge >= 0.3 is 0 Å². The molecule has 0 bridgehead atoms. The first kappa shape index (κ1) is 17.9. The van der Waals surface area contributed by atoms with Crippen LogP contribution in [0.5, 0.6) is 0 Å². The summed E-state index contributed by atoms with van der Waals surface area (Å²) in [5.74, 6) is 1.10. The van der Waals surface area contributed by atoms with E-state index in [0.29, 0.717) is 6.54 Å². The van der Waals surface area contributed by atoms with Gasteiger partial charge in [-0.2, -0.15) is 0 Å². The lowest BCUT2D eigenvalue weighted by atomic mass is 9.88. The number of rotatable bonds is 7. The van der Waals surface area contributed by atoms with Crippen molar-refractivity contribution in [3.05, 3.63) is 78.5 Å². The molecular weight excluding hydrogens is 324 g/mol. The van der Waals surface area contributed by atoms with Crippen molar-refractivity contribution in [1.29, 1.82) is 0 Å². The van der Waals surface area contributed by atoms with Gasteiger partial charge in [0.05, 0.1) is 0 Å². The van der Waals surface area contributed by atoms with E-state index in [1.165, 1.54) is 5.56 Å². The Hall–Kier alpha value is -2.95. The molecule has 3 aromatic rings. The Morgan fingerprint density at radius 3 is 2.62 bits per heavy atom. The van der Waals surface area contributed by atoms with Crippen LogP contribution in [-0.2, 0) is 17.8 Å². The van der Waals surface area contributed by atoms with Crippen LogP contribution in [0.1, 0.15) is 25.0 Å². The van der Waals surface area contributed by atoms with E-state index in [1.807, 2.05) is 41.1 Å². The van der Waals surface area contributed by atoms with Gasteiger partial charge in [0, 0.05) is 31.1 Å². The standard InChI is InChI=1S/C21H24N4O/c1-16(2)19(12-17-6-4-3-5-7-17)21(26)24-14-18-8-9-23-20(13-18)25-11-10-22-15-25/h3-11,13,15-16,19H,12,14H2,1-2H3,(H,24,26).